The Bertz CT molecular complexity index is 974. The Morgan fingerprint density at radius 3 is 2.68 bits per heavy atom. The maximum atomic E-state index is 12.2. The highest BCUT2D eigenvalue weighted by Gasteiger charge is 2.31. The maximum absolute atomic E-state index is 12.2. The highest BCUT2D eigenvalue weighted by Crippen LogP contribution is 2.27. The van der Waals surface area contributed by atoms with Gasteiger partial charge in [-0.3, -0.25) is 0 Å². The Labute approximate surface area is 155 Å². The summed E-state index contributed by atoms with van der Waals surface area (Å²) < 4.78 is 28.1. The van der Waals surface area contributed by atoms with E-state index in [4.69, 9.17) is 23.2 Å². The maximum Gasteiger partial charge on any atom is 0.285 e. The van der Waals surface area contributed by atoms with Crippen molar-refractivity contribution < 1.29 is 13.5 Å². The Morgan fingerprint density at radius 2 is 1.96 bits per heavy atom. The average Bonchev–Trinajstić information content (AvgIpc) is 2.85. The summed E-state index contributed by atoms with van der Waals surface area (Å²) >= 11 is 12.0. The summed E-state index contributed by atoms with van der Waals surface area (Å²) in [5.74, 6) is 0.158. The highest BCUT2D eigenvalue weighted by atomic mass is 35.5. The van der Waals surface area contributed by atoms with Gasteiger partial charge in [0.1, 0.15) is 4.90 Å². The van der Waals surface area contributed by atoms with E-state index in [1.165, 1.54) is 17.3 Å². The van der Waals surface area contributed by atoms with Gasteiger partial charge in [0.2, 0.25) is 0 Å². The van der Waals surface area contributed by atoms with E-state index in [2.05, 4.69) is 9.50 Å². The number of benzene rings is 2. The van der Waals surface area contributed by atoms with Gasteiger partial charge in [0, 0.05) is 16.1 Å². The molecule has 3 rings (SSSR count). The van der Waals surface area contributed by atoms with Crippen LogP contribution in [0.25, 0.3) is 0 Å². The molecule has 1 aliphatic heterocycles. The number of aliphatic hydroxyl groups is 1. The molecule has 6 nitrogen and oxygen atoms in total. The van der Waals surface area contributed by atoms with Gasteiger partial charge in [0.25, 0.3) is 10.0 Å². The van der Waals surface area contributed by atoms with Crippen LogP contribution in [0.5, 0.6) is 0 Å². The zero-order valence-corrected chi connectivity index (χ0v) is 15.1. The summed E-state index contributed by atoms with van der Waals surface area (Å²) in [4.78, 5) is 0.118. The third-order valence-electron chi connectivity index (χ3n) is 3.47. The normalized spacial score (nSPS) is 15.2. The second-order valence-corrected chi connectivity index (χ2v) is 7.56. The lowest BCUT2D eigenvalue weighted by Gasteiger charge is -2.17. The van der Waals surface area contributed by atoms with E-state index in [0.717, 1.165) is 0 Å². The fourth-order valence-corrected chi connectivity index (χ4v) is 3.99. The van der Waals surface area contributed by atoms with Gasteiger partial charge >= 0.3 is 0 Å². The van der Waals surface area contributed by atoms with Gasteiger partial charge in [-0.25, -0.2) is 5.01 Å². The molecular weight excluding hydrogens is 385 g/mol. The van der Waals surface area contributed by atoms with Crippen LogP contribution in [0, 0.1) is 0 Å². The predicted octanol–water partition coefficient (Wildman–Crippen LogP) is 2.77. The molecule has 0 fully saturated rings. The van der Waals surface area contributed by atoms with E-state index in [-0.39, 0.29) is 23.9 Å². The monoisotopic (exact) mass is 397 g/mol. The van der Waals surface area contributed by atoms with Crippen molar-refractivity contribution in [1.82, 2.24) is 5.01 Å². The predicted molar refractivity (Wildman–Crippen MR) is 98.0 cm³/mol. The number of amidine groups is 1. The topological polar surface area (TPSA) is 82.3 Å². The van der Waals surface area contributed by atoms with Crippen molar-refractivity contribution in [3.8, 4) is 0 Å². The van der Waals surface area contributed by atoms with Crippen molar-refractivity contribution in [1.29, 1.82) is 0 Å². The molecule has 0 atom stereocenters. The first-order chi connectivity index (χ1) is 11.9. The van der Waals surface area contributed by atoms with Gasteiger partial charge in [0.05, 0.1) is 24.4 Å². The lowest BCUT2D eigenvalue weighted by atomic mass is 10.2. The van der Waals surface area contributed by atoms with Crippen molar-refractivity contribution >= 4 is 45.3 Å². The van der Waals surface area contributed by atoms with Gasteiger partial charge in [-0.2, -0.15) is 13.5 Å². The molecule has 0 saturated heterocycles. The molecule has 130 valence electrons. The molecule has 2 aromatic carbocycles. The van der Waals surface area contributed by atoms with Gasteiger partial charge in [0.15, 0.2) is 5.84 Å². The minimum Gasteiger partial charge on any atom is -0.394 e. The van der Waals surface area contributed by atoms with Gasteiger partial charge in [-0.1, -0.05) is 41.4 Å². The van der Waals surface area contributed by atoms with Crippen LogP contribution >= 0.6 is 23.2 Å². The summed E-state index contributed by atoms with van der Waals surface area (Å²) in [5.41, 5.74) is 1.04. The van der Waals surface area contributed by atoms with Crippen LogP contribution in [-0.2, 0) is 10.0 Å². The SMILES string of the molecule is O=S1(=O)N=C(N(CCO)N=Cc2ccc(Cl)cc2Cl)c2ccccc21. The molecule has 9 heteroatoms. The molecule has 25 heavy (non-hydrogen) atoms. The summed E-state index contributed by atoms with van der Waals surface area (Å²) in [6.07, 6.45) is 1.46. The number of sulfonamides is 1. The number of nitrogens with zero attached hydrogens (tertiary/aromatic N) is 3. The zero-order valence-electron chi connectivity index (χ0n) is 12.8. The van der Waals surface area contributed by atoms with Crippen LogP contribution in [0.4, 0.5) is 0 Å². The summed E-state index contributed by atoms with van der Waals surface area (Å²) in [7, 11) is -3.77. The quantitative estimate of drug-likeness (QED) is 0.634. The number of aliphatic hydroxyl groups excluding tert-OH is 1. The molecule has 0 aromatic heterocycles. The van der Waals surface area contributed by atoms with Crippen molar-refractivity contribution in [2.75, 3.05) is 13.2 Å². The molecule has 0 spiro atoms. The minimum atomic E-state index is -3.77. The van der Waals surface area contributed by atoms with Crippen LogP contribution in [0.1, 0.15) is 11.1 Å². The number of halogens is 2. The molecule has 0 unspecified atom stereocenters. The van der Waals surface area contributed by atoms with Crippen molar-refractivity contribution in [2.24, 2.45) is 9.50 Å². The Morgan fingerprint density at radius 1 is 1.20 bits per heavy atom. The molecule has 0 radical (unpaired) electrons. The lowest BCUT2D eigenvalue weighted by Crippen LogP contribution is -2.28. The highest BCUT2D eigenvalue weighted by molar-refractivity contribution is 7.90. The fourth-order valence-electron chi connectivity index (χ4n) is 2.33. The first-order valence-corrected chi connectivity index (χ1v) is 9.44. The van der Waals surface area contributed by atoms with E-state index in [9.17, 15) is 13.5 Å². The number of fused-ring (bicyclic) bond motifs is 1. The van der Waals surface area contributed by atoms with Gasteiger partial charge in [-0.15, -0.1) is 4.40 Å². The molecule has 0 saturated carbocycles. The van der Waals surface area contributed by atoms with E-state index >= 15 is 0 Å². The van der Waals surface area contributed by atoms with Crippen molar-refractivity contribution in [3.05, 3.63) is 63.6 Å². The molecule has 0 bridgehead atoms. The molecule has 1 heterocycles. The van der Waals surface area contributed by atoms with Crippen LogP contribution in [0.3, 0.4) is 0 Å². The third-order valence-corrected chi connectivity index (χ3v) is 5.36. The summed E-state index contributed by atoms with van der Waals surface area (Å²) in [5, 5.41) is 15.8. The average molecular weight is 398 g/mol. The second-order valence-electron chi connectivity index (χ2n) is 5.14. The fraction of sp³-hybridized carbons (Fsp3) is 0.125. The van der Waals surface area contributed by atoms with Crippen molar-refractivity contribution in [2.45, 2.75) is 4.90 Å². The molecule has 1 N–H and O–H groups in total. The Kier molecular flexibility index (Phi) is 5.10. The molecule has 0 amide bonds. The van der Waals surface area contributed by atoms with Crippen LogP contribution in [-0.4, -0.2) is 43.7 Å². The third kappa shape index (κ3) is 3.69. The van der Waals surface area contributed by atoms with Crippen molar-refractivity contribution in [3.63, 3.8) is 0 Å². The molecule has 2 aromatic rings. The number of rotatable bonds is 4. The Balaban J connectivity index is 1.99. The minimum absolute atomic E-state index is 0.0738. The molecule has 1 aliphatic rings. The molecular formula is C16H13Cl2N3O3S. The van der Waals surface area contributed by atoms with Crippen LogP contribution in [0.15, 0.2) is 56.9 Å². The Hall–Kier alpha value is -1.93. The van der Waals surface area contributed by atoms with Crippen LogP contribution in [0.2, 0.25) is 10.0 Å². The van der Waals surface area contributed by atoms with E-state index in [1.54, 1.807) is 36.4 Å². The summed E-state index contributed by atoms with van der Waals surface area (Å²) in [6, 6.07) is 11.4. The second kappa shape index (κ2) is 7.13. The first-order valence-electron chi connectivity index (χ1n) is 7.24. The smallest absolute Gasteiger partial charge is 0.285 e. The largest absolute Gasteiger partial charge is 0.394 e. The zero-order chi connectivity index (χ0) is 18.0. The first kappa shape index (κ1) is 17.9. The van der Waals surface area contributed by atoms with E-state index < -0.39 is 10.0 Å². The van der Waals surface area contributed by atoms with E-state index in [1.807, 2.05) is 0 Å². The number of hydrogen-bond donors (Lipinski definition) is 1. The number of hydrogen-bond acceptors (Lipinski definition) is 5. The van der Waals surface area contributed by atoms with Gasteiger partial charge in [-0.05, 0) is 24.3 Å². The standard InChI is InChI=1S/C16H13Cl2N3O3S/c17-12-6-5-11(14(18)9-12)10-19-21(7-8-22)16-13-3-1-2-4-15(13)25(23,24)20-16/h1-6,9-10,22H,7-8H2. The van der Waals surface area contributed by atoms with Gasteiger partial charge < -0.3 is 5.11 Å². The van der Waals surface area contributed by atoms with E-state index in [0.29, 0.717) is 21.2 Å². The summed E-state index contributed by atoms with van der Waals surface area (Å²) in [6.45, 7) is -0.155. The lowest BCUT2D eigenvalue weighted by molar-refractivity contribution is 0.254. The molecule has 0 aliphatic carbocycles. The number of hydrazone groups is 1. The van der Waals surface area contributed by atoms with Crippen LogP contribution < -0.4 is 0 Å².